The maximum absolute atomic E-state index is 5.28. The van der Waals surface area contributed by atoms with Crippen molar-refractivity contribution in [2.75, 3.05) is 27.3 Å². The van der Waals surface area contributed by atoms with Gasteiger partial charge in [0.1, 0.15) is 0 Å². The third-order valence-corrected chi connectivity index (χ3v) is 2.40. The van der Waals surface area contributed by atoms with Gasteiger partial charge in [-0.05, 0) is 7.05 Å². The molecule has 98 valence electrons. The summed E-state index contributed by atoms with van der Waals surface area (Å²) < 4.78 is 10.3. The van der Waals surface area contributed by atoms with Crippen LogP contribution >= 0.6 is 0 Å². The highest BCUT2D eigenvalue weighted by atomic mass is 16.5. The molecular weight excluding hydrogens is 218 g/mol. The summed E-state index contributed by atoms with van der Waals surface area (Å²) in [5.41, 5.74) is 0.953. The molecule has 1 heterocycles. The number of hydrogen-bond donors (Lipinski definition) is 1. The van der Waals surface area contributed by atoms with Gasteiger partial charge in [-0.2, -0.15) is 0 Å². The van der Waals surface area contributed by atoms with Gasteiger partial charge in [0, 0.05) is 32.3 Å². The molecule has 1 aromatic heterocycles. The van der Waals surface area contributed by atoms with Crippen LogP contribution in [0.4, 0.5) is 0 Å². The second kappa shape index (κ2) is 7.42. The molecule has 0 saturated heterocycles. The Balaban J connectivity index is 2.34. The molecule has 5 heteroatoms. The number of hydrogen-bond acceptors (Lipinski definition) is 5. The van der Waals surface area contributed by atoms with Gasteiger partial charge in [-0.3, -0.25) is 4.90 Å². The van der Waals surface area contributed by atoms with Crippen LogP contribution in [0.15, 0.2) is 10.6 Å². The zero-order valence-corrected chi connectivity index (χ0v) is 11.2. The fourth-order valence-electron chi connectivity index (χ4n) is 1.41. The van der Waals surface area contributed by atoms with E-state index in [1.165, 1.54) is 0 Å². The standard InChI is InChI=1S/C12H23N3O2/c1-10(2)13-8-11-7-12(17-14-11)9-15(3)5-6-16-4/h7,10,13H,5-6,8-9H2,1-4H3. The topological polar surface area (TPSA) is 50.5 Å². The van der Waals surface area contributed by atoms with Gasteiger partial charge >= 0.3 is 0 Å². The zero-order chi connectivity index (χ0) is 12.7. The van der Waals surface area contributed by atoms with Crippen LogP contribution in [-0.2, 0) is 17.8 Å². The average molecular weight is 241 g/mol. The van der Waals surface area contributed by atoms with Gasteiger partial charge in [-0.15, -0.1) is 0 Å². The number of nitrogens with zero attached hydrogens (tertiary/aromatic N) is 2. The van der Waals surface area contributed by atoms with Crippen molar-refractivity contribution in [1.29, 1.82) is 0 Å². The van der Waals surface area contributed by atoms with Crippen LogP contribution < -0.4 is 5.32 Å². The van der Waals surface area contributed by atoms with Gasteiger partial charge in [-0.25, -0.2) is 0 Å². The Morgan fingerprint density at radius 3 is 2.94 bits per heavy atom. The molecule has 17 heavy (non-hydrogen) atoms. The molecule has 0 aliphatic heterocycles. The van der Waals surface area contributed by atoms with Crippen LogP contribution in [-0.4, -0.2) is 43.4 Å². The van der Waals surface area contributed by atoms with Gasteiger partial charge < -0.3 is 14.6 Å². The Kier molecular flexibility index (Phi) is 6.18. The highest BCUT2D eigenvalue weighted by molar-refractivity contribution is 5.05. The van der Waals surface area contributed by atoms with Gasteiger partial charge in [0.2, 0.25) is 0 Å². The van der Waals surface area contributed by atoms with Crippen molar-refractivity contribution in [3.8, 4) is 0 Å². The first-order chi connectivity index (χ1) is 8.11. The van der Waals surface area contributed by atoms with Crippen LogP contribution in [0.25, 0.3) is 0 Å². The summed E-state index contributed by atoms with van der Waals surface area (Å²) in [5, 5.41) is 7.33. The second-order valence-corrected chi connectivity index (χ2v) is 4.55. The monoisotopic (exact) mass is 241 g/mol. The molecule has 0 bridgehead atoms. The minimum atomic E-state index is 0.458. The van der Waals surface area contributed by atoms with Gasteiger partial charge in [-0.1, -0.05) is 19.0 Å². The summed E-state index contributed by atoms with van der Waals surface area (Å²) in [6.45, 7) is 7.35. The predicted molar refractivity (Wildman–Crippen MR) is 66.7 cm³/mol. The molecule has 1 N–H and O–H groups in total. The van der Waals surface area contributed by atoms with Crippen molar-refractivity contribution >= 4 is 0 Å². The Labute approximate surface area is 103 Å². The fraction of sp³-hybridized carbons (Fsp3) is 0.750. The third-order valence-electron chi connectivity index (χ3n) is 2.40. The summed E-state index contributed by atoms with van der Waals surface area (Å²) in [6, 6.07) is 2.46. The number of rotatable bonds is 8. The molecule has 0 unspecified atom stereocenters. The predicted octanol–water partition coefficient (Wildman–Crippen LogP) is 1.25. The lowest BCUT2D eigenvalue weighted by Crippen LogP contribution is -2.22. The first kappa shape index (κ1) is 14.2. The lowest BCUT2D eigenvalue weighted by molar-refractivity contribution is 0.153. The van der Waals surface area contributed by atoms with Gasteiger partial charge in [0.25, 0.3) is 0 Å². The minimum Gasteiger partial charge on any atom is -0.383 e. The highest BCUT2D eigenvalue weighted by Gasteiger charge is 2.07. The fourth-order valence-corrected chi connectivity index (χ4v) is 1.41. The zero-order valence-electron chi connectivity index (χ0n) is 11.2. The molecule has 0 fully saturated rings. The van der Waals surface area contributed by atoms with Crippen LogP contribution in [0.2, 0.25) is 0 Å². The van der Waals surface area contributed by atoms with E-state index in [4.69, 9.17) is 9.26 Å². The molecule has 0 aromatic carbocycles. The van der Waals surface area contributed by atoms with Crippen molar-refractivity contribution in [3.63, 3.8) is 0 Å². The maximum Gasteiger partial charge on any atom is 0.151 e. The van der Waals surface area contributed by atoms with Crippen LogP contribution in [0.5, 0.6) is 0 Å². The molecule has 1 rings (SSSR count). The van der Waals surface area contributed by atoms with E-state index in [9.17, 15) is 0 Å². The van der Waals surface area contributed by atoms with E-state index in [0.717, 1.165) is 37.7 Å². The van der Waals surface area contributed by atoms with Crippen LogP contribution in [0, 0.1) is 0 Å². The SMILES string of the molecule is COCCN(C)Cc1cc(CNC(C)C)no1. The minimum absolute atomic E-state index is 0.458. The van der Waals surface area contributed by atoms with E-state index in [1.807, 2.05) is 13.1 Å². The molecule has 0 amide bonds. The molecule has 0 aliphatic carbocycles. The molecule has 0 spiro atoms. The Morgan fingerprint density at radius 2 is 2.29 bits per heavy atom. The summed E-state index contributed by atoms with van der Waals surface area (Å²) in [4.78, 5) is 2.14. The van der Waals surface area contributed by atoms with Gasteiger partial charge in [0.15, 0.2) is 5.76 Å². The smallest absolute Gasteiger partial charge is 0.151 e. The molecule has 0 atom stereocenters. The van der Waals surface area contributed by atoms with Crippen LogP contribution in [0.3, 0.4) is 0 Å². The Morgan fingerprint density at radius 1 is 1.53 bits per heavy atom. The number of methoxy groups -OCH3 is 1. The first-order valence-electron chi connectivity index (χ1n) is 5.97. The van der Waals surface area contributed by atoms with Crippen molar-refractivity contribution in [2.45, 2.75) is 33.0 Å². The maximum atomic E-state index is 5.28. The molecular formula is C12H23N3O2. The van der Waals surface area contributed by atoms with E-state index in [-0.39, 0.29) is 0 Å². The average Bonchev–Trinajstić information content (AvgIpc) is 2.71. The molecule has 0 radical (unpaired) electrons. The van der Waals surface area contributed by atoms with E-state index >= 15 is 0 Å². The molecule has 5 nitrogen and oxygen atoms in total. The molecule has 0 saturated carbocycles. The number of ether oxygens (including phenoxy) is 1. The number of likely N-dealkylation sites (N-methyl/N-ethyl adjacent to an activating group) is 1. The Hall–Kier alpha value is -0.910. The van der Waals surface area contributed by atoms with Crippen molar-refractivity contribution in [1.82, 2.24) is 15.4 Å². The first-order valence-corrected chi connectivity index (χ1v) is 5.97. The lowest BCUT2D eigenvalue weighted by Gasteiger charge is -2.13. The summed E-state index contributed by atoms with van der Waals surface area (Å²) in [5.74, 6) is 0.893. The summed E-state index contributed by atoms with van der Waals surface area (Å²) in [7, 11) is 3.74. The number of aromatic nitrogens is 1. The summed E-state index contributed by atoms with van der Waals surface area (Å²) >= 11 is 0. The molecule has 1 aromatic rings. The second-order valence-electron chi connectivity index (χ2n) is 4.55. The summed E-state index contributed by atoms with van der Waals surface area (Å²) in [6.07, 6.45) is 0. The lowest BCUT2D eigenvalue weighted by atomic mass is 10.3. The van der Waals surface area contributed by atoms with E-state index in [0.29, 0.717) is 6.04 Å². The van der Waals surface area contributed by atoms with E-state index < -0.39 is 0 Å². The Bertz CT molecular complexity index is 312. The third kappa shape index (κ3) is 5.81. The van der Waals surface area contributed by atoms with E-state index in [1.54, 1.807) is 7.11 Å². The number of nitrogens with one attached hydrogen (secondary N) is 1. The normalized spacial score (nSPS) is 11.6. The largest absolute Gasteiger partial charge is 0.383 e. The van der Waals surface area contributed by atoms with Crippen molar-refractivity contribution in [2.24, 2.45) is 0 Å². The van der Waals surface area contributed by atoms with Crippen molar-refractivity contribution in [3.05, 3.63) is 17.5 Å². The van der Waals surface area contributed by atoms with Crippen LogP contribution in [0.1, 0.15) is 25.3 Å². The highest BCUT2D eigenvalue weighted by Crippen LogP contribution is 2.06. The van der Waals surface area contributed by atoms with E-state index in [2.05, 4.69) is 29.2 Å². The van der Waals surface area contributed by atoms with Crippen molar-refractivity contribution < 1.29 is 9.26 Å². The van der Waals surface area contributed by atoms with Gasteiger partial charge in [0.05, 0.1) is 18.8 Å². The quantitative estimate of drug-likeness (QED) is 0.742. The molecule has 0 aliphatic rings.